The van der Waals surface area contributed by atoms with E-state index in [-0.39, 0.29) is 0 Å². The minimum Gasteiger partial charge on any atom is -0.377 e. The van der Waals surface area contributed by atoms with Gasteiger partial charge in [0.2, 0.25) is 0 Å². The van der Waals surface area contributed by atoms with Gasteiger partial charge < -0.3 is 14.9 Å². The molecule has 3 heteroatoms. The fourth-order valence-corrected chi connectivity index (χ4v) is 0.535. The number of aliphatic hydroxyl groups is 2. The van der Waals surface area contributed by atoms with Gasteiger partial charge in [0, 0.05) is 13.0 Å². The maximum Gasteiger partial charge on any atom is 0.151 e. The Kier molecular flexibility index (Phi) is 6.48. The molecular formula is C7H14O3. The lowest BCUT2D eigenvalue weighted by molar-refractivity contribution is -0.0499. The minimum atomic E-state index is -1.20. The molecule has 0 saturated carbocycles. The molecule has 0 aliphatic rings. The first-order chi connectivity index (χ1) is 4.77. The molecule has 0 aliphatic carbocycles. The zero-order valence-electron chi connectivity index (χ0n) is 5.99. The van der Waals surface area contributed by atoms with Crippen molar-refractivity contribution in [2.75, 3.05) is 13.2 Å². The average Bonchev–Trinajstić information content (AvgIpc) is 1.87. The second-order valence-corrected chi connectivity index (χ2v) is 1.99. The molecule has 0 aromatic rings. The zero-order chi connectivity index (χ0) is 7.82. The maximum atomic E-state index is 8.39. The Balaban J connectivity index is 2.83. The van der Waals surface area contributed by atoms with Crippen molar-refractivity contribution < 1.29 is 14.9 Å². The molecule has 0 aliphatic heterocycles. The molecule has 2 N–H and O–H groups in total. The molecule has 0 amide bonds. The van der Waals surface area contributed by atoms with Crippen LogP contribution in [0.15, 0.2) is 12.7 Å². The Morgan fingerprint density at radius 3 is 2.70 bits per heavy atom. The lowest BCUT2D eigenvalue weighted by Gasteiger charge is -2.02. The Morgan fingerprint density at radius 1 is 1.50 bits per heavy atom. The molecule has 0 atom stereocenters. The second-order valence-electron chi connectivity index (χ2n) is 1.99. The topological polar surface area (TPSA) is 49.7 Å². The van der Waals surface area contributed by atoms with Crippen molar-refractivity contribution in [3.8, 4) is 0 Å². The summed E-state index contributed by atoms with van der Waals surface area (Å²) in [6, 6.07) is 0. The van der Waals surface area contributed by atoms with Gasteiger partial charge >= 0.3 is 0 Å². The summed E-state index contributed by atoms with van der Waals surface area (Å²) < 4.78 is 4.99. The van der Waals surface area contributed by atoms with E-state index >= 15 is 0 Å². The summed E-state index contributed by atoms with van der Waals surface area (Å²) in [6.07, 6.45) is 1.50. The van der Waals surface area contributed by atoms with Crippen LogP contribution in [0, 0.1) is 0 Å². The van der Waals surface area contributed by atoms with Crippen molar-refractivity contribution >= 4 is 0 Å². The number of hydrogen-bond acceptors (Lipinski definition) is 3. The highest BCUT2D eigenvalue weighted by molar-refractivity contribution is 4.63. The average molecular weight is 146 g/mol. The number of rotatable bonds is 6. The van der Waals surface area contributed by atoms with E-state index in [1.54, 1.807) is 6.08 Å². The lowest BCUT2D eigenvalue weighted by Crippen LogP contribution is -2.05. The third-order valence-corrected chi connectivity index (χ3v) is 0.987. The van der Waals surface area contributed by atoms with Crippen LogP contribution >= 0.6 is 0 Å². The number of aliphatic hydroxyl groups excluding tert-OH is 1. The predicted octanol–water partition coefficient (Wildman–Crippen LogP) is 0.280. The van der Waals surface area contributed by atoms with Gasteiger partial charge in [0.1, 0.15) is 0 Å². The Morgan fingerprint density at radius 2 is 2.20 bits per heavy atom. The van der Waals surface area contributed by atoms with E-state index in [1.165, 1.54) is 0 Å². The van der Waals surface area contributed by atoms with E-state index in [4.69, 9.17) is 14.9 Å². The van der Waals surface area contributed by atoms with E-state index in [2.05, 4.69) is 6.58 Å². The van der Waals surface area contributed by atoms with Crippen LogP contribution in [0.4, 0.5) is 0 Å². The summed E-state index contributed by atoms with van der Waals surface area (Å²) in [4.78, 5) is 0. The molecule has 0 saturated heterocycles. The van der Waals surface area contributed by atoms with E-state index < -0.39 is 6.29 Å². The highest BCUT2D eigenvalue weighted by atomic mass is 16.5. The summed E-state index contributed by atoms with van der Waals surface area (Å²) in [6.45, 7) is 4.56. The third kappa shape index (κ3) is 7.62. The van der Waals surface area contributed by atoms with Gasteiger partial charge in [-0.3, -0.25) is 0 Å². The van der Waals surface area contributed by atoms with Gasteiger partial charge in [-0.15, -0.1) is 6.58 Å². The predicted molar refractivity (Wildman–Crippen MR) is 38.5 cm³/mol. The molecule has 0 heterocycles. The van der Waals surface area contributed by atoms with E-state index in [1.807, 2.05) is 0 Å². The third-order valence-electron chi connectivity index (χ3n) is 0.987. The highest BCUT2D eigenvalue weighted by Gasteiger charge is 1.95. The van der Waals surface area contributed by atoms with Crippen molar-refractivity contribution in [2.45, 2.75) is 19.1 Å². The second kappa shape index (κ2) is 6.74. The first-order valence-electron chi connectivity index (χ1n) is 3.32. The molecule has 3 nitrogen and oxygen atoms in total. The number of hydrogen-bond donors (Lipinski definition) is 2. The SMILES string of the molecule is C=CCOCCCC(O)O. The van der Waals surface area contributed by atoms with Gasteiger partial charge in [-0.25, -0.2) is 0 Å². The fraction of sp³-hybridized carbons (Fsp3) is 0.714. The molecule has 0 aromatic carbocycles. The molecule has 60 valence electrons. The Labute approximate surface area is 60.9 Å². The van der Waals surface area contributed by atoms with Gasteiger partial charge in [0.25, 0.3) is 0 Å². The molecule has 0 bridgehead atoms. The molecule has 0 unspecified atom stereocenters. The van der Waals surface area contributed by atoms with Gasteiger partial charge in [-0.1, -0.05) is 6.08 Å². The van der Waals surface area contributed by atoms with Crippen LogP contribution in [0.25, 0.3) is 0 Å². The summed E-state index contributed by atoms with van der Waals surface area (Å²) in [5, 5.41) is 16.8. The summed E-state index contributed by atoms with van der Waals surface area (Å²) in [7, 11) is 0. The van der Waals surface area contributed by atoms with Crippen molar-refractivity contribution in [3.05, 3.63) is 12.7 Å². The molecule has 0 fully saturated rings. The molecule has 0 spiro atoms. The van der Waals surface area contributed by atoms with Gasteiger partial charge in [0.05, 0.1) is 6.61 Å². The Bertz CT molecular complexity index is 80.9. The summed E-state index contributed by atoms with van der Waals surface area (Å²) >= 11 is 0. The molecule has 0 aromatic heterocycles. The quantitative estimate of drug-likeness (QED) is 0.321. The van der Waals surface area contributed by atoms with Gasteiger partial charge in [-0.2, -0.15) is 0 Å². The van der Waals surface area contributed by atoms with Gasteiger partial charge in [0.15, 0.2) is 6.29 Å². The van der Waals surface area contributed by atoms with Crippen LogP contribution < -0.4 is 0 Å². The van der Waals surface area contributed by atoms with E-state index in [0.29, 0.717) is 26.1 Å². The van der Waals surface area contributed by atoms with Crippen LogP contribution in [0.5, 0.6) is 0 Å². The van der Waals surface area contributed by atoms with Gasteiger partial charge in [-0.05, 0) is 6.42 Å². The first kappa shape index (κ1) is 9.62. The number of ether oxygens (including phenoxy) is 1. The summed E-state index contributed by atoms with van der Waals surface area (Å²) in [5.41, 5.74) is 0. The molecule has 10 heavy (non-hydrogen) atoms. The maximum absolute atomic E-state index is 8.39. The molecular weight excluding hydrogens is 132 g/mol. The van der Waals surface area contributed by atoms with Crippen LogP contribution in [-0.2, 0) is 4.74 Å². The van der Waals surface area contributed by atoms with Crippen molar-refractivity contribution in [1.82, 2.24) is 0 Å². The van der Waals surface area contributed by atoms with Crippen LogP contribution in [0.3, 0.4) is 0 Å². The minimum absolute atomic E-state index is 0.372. The lowest BCUT2D eigenvalue weighted by atomic mass is 10.3. The van der Waals surface area contributed by atoms with Crippen molar-refractivity contribution in [1.29, 1.82) is 0 Å². The fourth-order valence-electron chi connectivity index (χ4n) is 0.535. The molecule has 0 radical (unpaired) electrons. The van der Waals surface area contributed by atoms with Crippen molar-refractivity contribution in [3.63, 3.8) is 0 Å². The van der Waals surface area contributed by atoms with E-state index in [0.717, 1.165) is 0 Å². The van der Waals surface area contributed by atoms with E-state index in [9.17, 15) is 0 Å². The molecule has 0 rings (SSSR count). The van der Waals surface area contributed by atoms with Crippen LogP contribution in [0.2, 0.25) is 0 Å². The smallest absolute Gasteiger partial charge is 0.151 e. The summed E-state index contributed by atoms with van der Waals surface area (Å²) in [5.74, 6) is 0. The van der Waals surface area contributed by atoms with Crippen LogP contribution in [0.1, 0.15) is 12.8 Å². The zero-order valence-corrected chi connectivity index (χ0v) is 5.99. The monoisotopic (exact) mass is 146 g/mol. The normalized spacial score (nSPS) is 10.3. The standard InChI is InChI=1S/C7H14O3/c1-2-5-10-6-3-4-7(8)9/h2,7-9H,1,3-6H2. The van der Waals surface area contributed by atoms with Crippen LogP contribution in [-0.4, -0.2) is 29.7 Å². The first-order valence-corrected chi connectivity index (χ1v) is 3.32. The Hall–Kier alpha value is -0.380. The largest absolute Gasteiger partial charge is 0.377 e. The van der Waals surface area contributed by atoms with Crippen molar-refractivity contribution in [2.24, 2.45) is 0 Å². The highest BCUT2D eigenvalue weighted by Crippen LogP contribution is 1.93.